The van der Waals surface area contributed by atoms with Crippen LogP contribution in [0.15, 0.2) is 66.7 Å². The van der Waals surface area contributed by atoms with E-state index in [1.165, 1.54) is 0 Å². The molecule has 2 aromatic rings. The number of carboxylic acid groups (broad SMARTS) is 2. The number of rotatable bonds is 8. The average Bonchev–Trinajstić information content (AvgIpc) is 2.71. The van der Waals surface area contributed by atoms with Gasteiger partial charge >= 0.3 is 11.9 Å². The molecule has 0 aliphatic rings. The topological polar surface area (TPSA) is 109 Å². The molecule has 0 amide bonds. The zero-order valence-corrected chi connectivity index (χ0v) is 15.5. The number of ketones is 2. The standard InChI is InChI=1S/C18H18O2.C4H4O4/c1-2-3-9-14-10-7-8-13-16(14)18(20)17(19)15-11-5-4-6-12-15;5-3(6)1-2-4(7)8/h4-8,10-13H,2-3,9H2,1H3;1-2H,(H,5,6)(H,7,8). The molecule has 28 heavy (non-hydrogen) atoms. The minimum atomic E-state index is -1.26. The van der Waals surface area contributed by atoms with Gasteiger partial charge in [-0.2, -0.15) is 0 Å². The molecule has 0 heterocycles. The molecule has 0 bridgehead atoms. The molecule has 0 fully saturated rings. The zero-order chi connectivity index (χ0) is 20.9. The summed E-state index contributed by atoms with van der Waals surface area (Å²) in [6, 6.07) is 16.1. The van der Waals surface area contributed by atoms with Crippen molar-refractivity contribution in [2.45, 2.75) is 26.2 Å². The van der Waals surface area contributed by atoms with Gasteiger partial charge in [-0.05, 0) is 18.4 Å². The van der Waals surface area contributed by atoms with Crippen LogP contribution in [0.4, 0.5) is 0 Å². The zero-order valence-electron chi connectivity index (χ0n) is 15.5. The Hall–Kier alpha value is -3.54. The predicted molar refractivity (Wildman–Crippen MR) is 105 cm³/mol. The Morgan fingerprint density at radius 3 is 1.86 bits per heavy atom. The minimum absolute atomic E-state index is 0.414. The van der Waals surface area contributed by atoms with Crippen molar-refractivity contribution < 1.29 is 29.4 Å². The summed E-state index contributed by atoms with van der Waals surface area (Å²) in [5.74, 6) is -3.36. The highest BCUT2D eigenvalue weighted by Crippen LogP contribution is 2.15. The van der Waals surface area contributed by atoms with E-state index >= 15 is 0 Å². The smallest absolute Gasteiger partial charge is 0.328 e. The molecule has 0 atom stereocenters. The summed E-state index contributed by atoms with van der Waals surface area (Å²) in [6.07, 6.45) is 4.03. The molecule has 6 nitrogen and oxygen atoms in total. The molecule has 2 aromatic carbocycles. The highest BCUT2D eigenvalue weighted by atomic mass is 16.4. The van der Waals surface area contributed by atoms with Crippen LogP contribution in [0.3, 0.4) is 0 Å². The molecule has 6 heteroatoms. The van der Waals surface area contributed by atoms with Crippen LogP contribution < -0.4 is 0 Å². The lowest BCUT2D eigenvalue weighted by molar-refractivity contribution is -0.134. The number of aryl methyl sites for hydroxylation is 1. The Morgan fingerprint density at radius 2 is 1.32 bits per heavy atom. The van der Waals surface area contributed by atoms with Crippen molar-refractivity contribution >= 4 is 23.5 Å². The number of hydrogen-bond donors (Lipinski definition) is 2. The molecule has 0 spiro atoms. The van der Waals surface area contributed by atoms with Crippen LogP contribution >= 0.6 is 0 Å². The van der Waals surface area contributed by atoms with Crippen molar-refractivity contribution in [2.24, 2.45) is 0 Å². The number of hydrogen-bond acceptors (Lipinski definition) is 4. The third-order valence-corrected chi connectivity index (χ3v) is 3.67. The first kappa shape index (κ1) is 22.5. The summed E-state index contributed by atoms with van der Waals surface area (Å²) in [5, 5.41) is 15.6. The van der Waals surface area contributed by atoms with Crippen LogP contribution in [-0.2, 0) is 16.0 Å². The van der Waals surface area contributed by atoms with Crippen molar-refractivity contribution in [3.63, 3.8) is 0 Å². The van der Waals surface area contributed by atoms with Crippen LogP contribution in [0.1, 0.15) is 46.0 Å². The van der Waals surface area contributed by atoms with Crippen molar-refractivity contribution in [2.75, 3.05) is 0 Å². The van der Waals surface area contributed by atoms with Crippen LogP contribution in [0.5, 0.6) is 0 Å². The van der Waals surface area contributed by atoms with Gasteiger partial charge < -0.3 is 10.2 Å². The van der Waals surface area contributed by atoms with E-state index < -0.39 is 23.5 Å². The number of carbonyl (C=O) groups is 4. The van der Waals surface area contributed by atoms with Gasteiger partial charge in [0.1, 0.15) is 0 Å². The van der Waals surface area contributed by atoms with E-state index in [1.54, 1.807) is 36.4 Å². The number of benzene rings is 2. The minimum Gasteiger partial charge on any atom is -0.478 e. The van der Waals surface area contributed by atoms with Crippen molar-refractivity contribution in [1.29, 1.82) is 0 Å². The molecule has 2 rings (SSSR count). The van der Waals surface area contributed by atoms with Gasteiger partial charge in [0.25, 0.3) is 0 Å². The summed E-state index contributed by atoms with van der Waals surface area (Å²) >= 11 is 0. The molecule has 0 aromatic heterocycles. The van der Waals surface area contributed by atoms with Gasteiger partial charge in [-0.25, -0.2) is 9.59 Å². The molecular formula is C22H22O6. The first-order valence-corrected chi connectivity index (χ1v) is 8.72. The predicted octanol–water partition coefficient (Wildman–Crippen LogP) is 3.81. The van der Waals surface area contributed by atoms with E-state index in [-0.39, 0.29) is 0 Å². The second-order valence-corrected chi connectivity index (χ2v) is 5.79. The molecule has 0 saturated carbocycles. The first-order chi connectivity index (χ1) is 13.4. The molecule has 0 saturated heterocycles. The molecular weight excluding hydrogens is 360 g/mol. The van der Waals surface area contributed by atoms with Gasteiger partial charge in [-0.3, -0.25) is 9.59 Å². The average molecular weight is 382 g/mol. The van der Waals surface area contributed by atoms with Crippen molar-refractivity contribution in [3.8, 4) is 0 Å². The second kappa shape index (κ2) is 12.0. The fourth-order valence-corrected chi connectivity index (χ4v) is 2.31. The van der Waals surface area contributed by atoms with Gasteiger partial charge in [0, 0.05) is 23.3 Å². The molecule has 0 aliphatic heterocycles. The van der Waals surface area contributed by atoms with Crippen LogP contribution in [-0.4, -0.2) is 33.7 Å². The van der Waals surface area contributed by atoms with E-state index in [1.807, 2.05) is 18.2 Å². The molecule has 0 aliphatic carbocycles. The van der Waals surface area contributed by atoms with Crippen molar-refractivity contribution in [1.82, 2.24) is 0 Å². The van der Waals surface area contributed by atoms with Gasteiger partial charge in [-0.1, -0.05) is 67.9 Å². The second-order valence-electron chi connectivity index (χ2n) is 5.79. The Morgan fingerprint density at radius 1 is 0.786 bits per heavy atom. The van der Waals surface area contributed by atoms with E-state index in [2.05, 4.69) is 6.92 Å². The van der Waals surface area contributed by atoms with Gasteiger partial charge in [-0.15, -0.1) is 0 Å². The number of unbranched alkanes of at least 4 members (excludes halogenated alkanes) is 1. The Kier molecular flexibility index (Phi) is 9.61. The van der Waals surface area contributed by atoms with Gasteiger partial charge in [0.05, 0.1) is 0 Å². The lowest BCUT2D eigenvalue weighted by atomic mass is 9.95. The largest absolute Gasteiger partial charge is 0.478 e. The lowest BCUT2D eigenvalue weighted by Crippen LogP contribution is -2.16. The summed E-state index contributed by atoms with van der Waals surface area (Å²) in [5.41, 5.74) is 1.95. The maximum absolute atomic E-state index is 12.4. The van der Waals surface area contributed by atoms with Crippen LogP contribution in [0, 0.1) is 0 Å². The maximum Gasteiger partial charge on any atom is 0.328 e. The molecule has 0 unspecified atom stereocenters. The highest BCUT2D eigenvalue weighted by Gasteiger charge is 2.20. The summed E-state index contributed by atoms with van der Waals surface area (Å²) in [7, 11) is 0. The number of carbonyl (C=O) groups excluding carboxylic acids is 2. The summed E-state index contributed by atoms with van der Waals surface area (Å²) < 4.78 is 0. The van der Waals surface area contributed by atoms with Crippen LogP contribution in [0.25, 0.3) is 0 Å². The summed E-state index contributed by atoms with van der Waals surface area (Å²) in [4.78, 5) is 43.7. The number of carboxylic acids is 2. The first-order valence-electron chi connectivity index (χ1n) is 8.72. The fraction of sp³-hybridized carbons (Fsp3) is 0.182. The number of Topliss-reactive ketones (excluding diaryl/α,β-unsaturated/α-hetero) is 2. The normalized spacial score (nSPS) is 10.0. The Bertz CT molecular complexity index is 836. The highest BCUT2D eigenvalue weighted by molar-refractivity contribution is 6.49. The third-order valence-electron chi connectivity index (χ3n) is 3.67. The van der Waals surface area contributed by atoms with E-state index in [9.17, 15) is 19.2 Å². The molecule has 146 valence electrons. The monoisotopic (exact) mass is 382 g/mol. The number of aliphatic carboxylic acids is 2. The Labute approximate surface area is 163 Å². The van der Waals surface area contributed by atoms with Gasteiger partial charge in [0.15, 0.2) is 0 Å². The maximum atomic E-state index is 12.4. The molecule has 2 N–H and O–H groups in total. The van der Waals surface area contributed by atoms with Crippen LogP contribution in [0.2, 0.25) is 0 Å². The molecule has 0 radical (unpaired) electrons. The SMILES string of the molecule is CCCCc1ccccc1C(=O)C(=O)c1ccccc1.O=C(O)C=CC(=O)O. The summed E-state index contributed by atoms with van der Waals surface area (Å²) in [6.45, 7) is 2.11. The fourth-order valence-electron chi connectivity index (χ4n) is 2.31. The van der Waals surface area contributed by atoms with Gasteiger partial charge in [0.2, 0.25) is 11.6 Å². The van der Waals surface area contributed by atoms with Crippen molar-refractivity contribution in [3.05, 3.63) is 83.4 Å². The van der Waals surface area contributed by atoms with E-state index in [0.29, 0.717) is 23.3 Å². The third kappa shape index (κ3) is 7.78. The lowest BCUT2D eigenvalue weighted by Gasteiger charge is -2.07. The van der Waals surface area contributed by atoms with E-state index in [4.69, 9.17) is 10.2 Å². The quantitative estimate of drug-likeness (QED) is 0.408. The van der Waals surface area contributed by atoms with E-state index in [0.717, 1.165) is 24.8 Å². The Balaban J connectivity index is 0.000000416.